The Hall–Kier alpha value is -0.210. The van der Waals surface area contributed by atoms with Gasteiger partial charge >= 0.3 is 139 Å². The van der Waals surface area contributed by atoms with Crippen molar-refractivity contribution in [3.8, 4) is 0 Å². The molecule has 1 unspecified atom stereocenters. The summed E-state index contributed by atoms with van der Waals surface area (Å²) in [4.78, 5) is 4.79. The SMILES string of the molecule is CC[C@@H]([I-]N1CCCC1)c1cc(C)cc(C[NH+]([O-])OC)c1. The average molecular weight is 405 g/mol. The molecule has 120 valence electrons. The third-order valence-corrected chi connectivity index (χ3v) is 7.79. The molecule has 1 aromatic rings. The summed E-state index contributed by atoms with van der Waals surface area (Å²) < 4.78 is 3.34. The minimum absolute atomic E-state index is 0.0434. The van der Waals surface area contributed by atoms with Crippen LogP contribution in [0.4, 0.5) is 0 Å². The van der Waals surface area contributed by atoms with Crippen LogP contribution < -0.4 is 26.7 Å². The number of nitrogens with one attached hydrogen (secondary N) is 1. The number of hydroxylamine groups is 2. The first-order valence-corrected chi connectivity index (χ1v) is 9.89. The van der Waals surface area contributed by atoms with E-state index in [0.29, 0.717) is 10.5 Å². The fourth-order valence-corrected chi connectivity index (χ4v) is 5.99. The second-order valence-electron chi connectivity index (χ2n) is 5.60. The fraction of sp³-hybridized carbons (Fsp3) is 0.625. The number of nitrogens with zero attached hydrogens (tertiary/aromatic N) is 1. The van der Waals surface area contributed by atoms with Crippen LogP contribution in [0.25, 0.3) is 0 Å². The molecule has 2 atom stereocenters. The van der Waals surface area contributed by atoms with E-state index in [-0.39, 0.29) is 26.7 Å². The van der Waals surface area contributed by atoms with Gasteiger partial charge in [0.2, 0.25) is 0 Å². The van der Waals surface area contributed by atoms with Crippen molar-refractivity contribution >= 4 is 0 Å². The van der Waals surface area contributed by atoms with Gasteiger partial charge in [0, 0.05) is 0 Å². The third kappa shape index (κ3) is 5.17. The summed E-state index contributed by atoms with van der Waals surface area (Å²) >= 11 is 0.0434. The van der Waals surface area contributed by atoms with Gasteiger partial charge in [-0.2, -0.15) is 0 Å². The Morgan fingerprint density at radius 3 is 2.67 bits per heavy atom. The van der Waals surface area contributed by atoms with E-state index in [1.807, 2.05) is 0 Å². The Bertz CT molecular complexity index is 450. The van der Waals surface area contributed by atoms with Crippen LogP contribution in [0, 0.1) is 12.1 Å². The topological polar surface area (TPSA) is 40.0 Å². The van der Waals surface area contributed by atoms with Crippen LogP contribution >= 0.6 is 0 Å². The van der Waals surface area contributed by atoms with Gasteiger partial charge in [-0.05, 0) is 0 Å². The van der Waals surface area contributed by atoms with E-state index in [4.69, 9.17) is 4.84 Å². The molecule has 0 amide bonds. The number of halogens is 1. The Kier molecular flexibility index (Phi) is 6.88. The number of hydrogen-bond acceptors (Lipinski definition) is 3. The first-order valence-electron chi connectivity index (χ1n) is 7.68. The zero-order valence-electron chi connectivity index (χ0n) is 13.2. The van der Waals surface area contributed by atoms with Crippen molar-refractivity contribution in [1.82, 2.24) is 3.11 Å². The molecule has 0 aliphatic carbocycles. The molecule has 1 saturated heterocycles. The molecule has 0 bridgehead atoms. The zero-order valence-corrected chi connectivity index (χ0v) is 15.4. The van der Waals surface area contributed by atoms with Crippen LogP contribution in [-0.4, -0.2) is 23.3 Å². The molecule has 1 aromatic carbocycles. The van der Waals surface area contributed by atoms with Gasteiger partial charge in [0.15, 0.2) is 0 Å². The van der Waals surface area contributed by atoms with Gasteiger partial charge in [0.1, 0.15) is 0 Å². The van der Waals surface area contributed by atoms with E-state index in [1.54, 1.807) is 0 Å². The van der Waals surface area contributed by atoms with E-state index in [0.717, 1.165) is 5.56 Å². The van der Waals surface area contributed by atoms with Crippen molar-refractivity contribution < 1.29 is 31.5 Å². The van der Waals surface area contributed by atoms with Crippen LogP contribution in [0.2, 0.25) is 0 Å². The van der Waals surface area contributed by atoms with E-state index >= 15 is 0 Å². The Labute approximate surface area is 138 Å². The molecule has 0 saturated carbocycles. The van der Waals surface area contributed by atoms with Gasteiger partial charge in [-0.1, -0.05) is 0 Å². The second kappa shape index (κ2) is 8.43. The van der Waals surface area contributed by atoms with Crippen molar-refractivity contribution in [3.63, 3.8) is 0 Å². The first-order chi connectivity index (χ1) is 10.1. The molecule has 2 rings (SSSR count). The molecule has 0 aromatic heterocycles. The molecule has 4 nitrogen and oxygen atoms in total. The number of rotatable bonds is 7. The Morgan fingerprint density at radius 1 is 1.33 bits per heavy atom. The van der Waals surface area contributed by atoms with E-state index < -0.39 is 0 Å². The molecular formula is C16H26IN2O2-. The van der Waals surface area contributed by atoms with Crippen LogP contribution in [0.15, 0.2) is 18.2 Å². The van der Waals surface area contributed by atoms with Gasteiger partial charge in [-0.15, -0.1) is 0 Å². The van der Waals surface area contributed by atoms with Crippen molar-refractivity contribution in [3.05, 3.63) is 40.1 Å². The minimum atomic E-state index is -0.158. The van der Waals surface area contributed by atoms with Gasteiger partial charge in [0.05, 0.1) is 0 Å². The third-order valence-electron chi connectivity index (χ3n) is 3.76. The summed E-state index contributed by atoms with van der Waals surface area (Å²) in [6.07, 6.45) is 3.90. The Balaban J connectivity index is 2.11. The first kappa shape index (κ1) is 17.1. The number of hydrogen-bond donors (Lipinski definition) is 1. The zero-order chi connectivity index (χ0) is 15.2. The monoisotopic (exact) mass is 405 g/mol. The molecule has 5 heteroatoms. The maximum atomic E-state index is 11.5. The normalized spacial score (nSPS) is 19.0. The molecule has 1 fully saturated rings. The molecule has 21 heavy (non-hydrogen) atoms. The fourth-order valence-electron chi connectivity index (χ4n) is 2.72. The molecule has 0 spiro atoms. The summed E-state index contributed by atoms with van der Waals surface area (Å²) in [7, 11) is 1.45. The summed E-state index contributed by atoms with van der Waals surface area (Å²) in [6, 6.07) is 6.61. The number of alkyl halides is 1. The maximum absolute atomic E-state index is 11.5. The number of aryl methyl sites for hydroxylation is 1. The van der Waals surface area contributed by atoms with Gasteiger partial charge in [-0.25, -0.2) is 0 Å². The average Bonchev–Trinajstić information content (AvgIpc) is 2.96. The van der Waals surface area contributed by atoms with E-state index in [2.05, 4.69) is 35.2 Å². The predicted molar refractivity (Wildman–Crippen MR) is 80.1 cm³/mol. The molecule has 1 heterocycles. The molecule has 1 aliphatic rings. The van der Waals surface area contributed by atoms with Crippen LogP contribution in [0.1, 0.15) is 46.8 Å². The van der Waals surface area contributed by atoms with Gasteiger partial charge in [-0.3, -0.25) is 0 Å². The molecule has 1 aliphatic heterocycles. The predicted octanol–water partition coefficient (Wildman–Crippen LogP) is -1.01. The van der Waals surface area contributed by atoms with Gasteiger partial charge in [0.25, 0.3) is 0 Å². The summed E-state index contributed by atoms with van der Waals surface area (Å²) in [5, 5.41) is 11.3. The summed E-state index contributed by atoms with van der Waals surface area (Å²) in [5.74, 6) is 0. The quantitative estimate of drug-likeness (QED) is 0.274. The van der Waals surface area contributed by atoms with Crippen LogP contribution in [-0.2, 0) is 11.4 Å². The van der Waals surface area contributed by atoms with E-state index in [1.165, 1.54) is 50.6 Å². The van der Waals surface area contributed by atoms with Crippen molar-refractivity contribution in [2.75, 3.05) is 20.2 Å². The second-order valence-corrected chi connectivity index (χ2v) is 9.02. The van der Waals surface area contributed by atoms with Gasteiger partial charge < -0.3 is 0 Å². The van der Waals surface area contributed by atoms with Crippen molar-refractivity contribution in [1.29, 1.82) is 0 Å². The number of benzene rings is 1. The molecule has 0 radical (unpaired) electrons. The van der Waals surface area contributed by atoms with Crippen LogP contribution in [0.5, 0.6) is 0 Å². The molecule has 1 N–H and O–H groups in total. The van der Waals surface area contributed by atoms with Crippen molar-refractivity contribution in [2.24, 2.45) is 0 Å². The number of quaternary nitrogens is 1. The van der Waals surface area contributed by atoms with Crippen LogP contribution in [0.3, 0.4) is 0 Å². The molecular weight excluding hydrogens is 379 g/mol. The Morgan fingerprint density at radius 2 is 2.05 bits per heavy atom. The summed E-state index contributed by atoms with van der Waals surface area (Å²) in [6.45, 7) is 7.34. The standard InChI is InChI=1S/C16H26IN2O2/c1-4-16(17-18-7-5-6-8-18)15-10-13(2)9-14(11-15)12-19(20)21-3/h9-11,16,19H,4-8,12H2,1-3H3/q-1/t16-/m1/s1. The van der Waals surface area contributed by atoms with Crippen molar-refractivity contribution in [2.45, 2.75) is 43.6 Å². The van der Waals surface area contributed by atoms with E-state index in [9.17, 15) is 5.21 Å². The summed E-state index contributed by atoms with van der Waals surface area (Å²) in [5.41, 5.74) is 3.74.